The van der Waals surface area contributed by atoms with Crippen molar-refractivity contribution in [1.29, 1.82) is 0 Å². The summed E-state index contributed by atoms with van der Waals surface area (Å²) in [6, 6.07) is 10.8. The van der Waals surface area contributed by atoms with Gasteiger partial charge in [-0.15, -0.1) is 0 Å². The zero-order valence-corrected chi connectivity index (χ0v) is 13.8. The van der Waals surface area contributed by atoms with Crippen molar-refractivity contribution >= 4 is 5.78 Å². The Bertz CT molecular complexity index is 718. The van der Waals surface area contributed by atoms with Gasteiger partial charge in [-0.25, -0.2) is 0 Å². The Labute approximate surface area is 137 Å². The van der Waals surface area contributed by atoms with E-state index < -0.39 is 0 Å². The average Bonchev–Trinajstić information content (AvgIpc) is 2.84. The molecule has 1 heterocycles. The third kappa shape index (κ3) is 2.43. The van der Waals surface area contributed by atoms with Crippen LogP contribution >= 0.6 is 0 Å². The number of nitrogens with zero attached hydrogens (tertiary/aromatic N) is 2. The van der Waals surface area contributed by atoms with Crippen molar-refractivity contribution in [2.24, 2.45) is 13.0 Å². The number of Topliss-reactive ketones (excluding diaryl/α,β-unsaturated/α-hetero) is 1. The van der Waals surface area contributed by atoms with Crippen molar-refractivity contribution in [3.63, 3.8) is 0 Å². The first-order valence-corrected chi connectivity index (χ1v) is 8.76. The van der Waals surface area contributed by atoms with Crippen molar-refractivity contribution in [3.05, 3.63) is 53.3 Å². The summed E-state index contributed by atoms with van der Waals surface area (Å²) in [4.78, 5) is 12.1. The molecule has 0 saturated heterocycles. The van der Waals surface area contributed by atoms with Gasteiger partial charge in [-0.05, 0) is 49.1 Å². The maximum absolute atomic E-state index is 12.1. The molecular weight excluding hydrogens is 284 g/mol. The van der Waals surface area contributed by atoms with Gasteiger partial charge in [0.25, 0.3) is 0 Å². The third-order valence-corrected chi connectivity index (χ3v) is 5.95. The molecule has 23 heavy (non-hydrogen) atoms. The smallest absolute Gasteiger partial charge is 0.133 e. The number of aryl methyl sites for hydroxylation is 2. The molecule has 1 saturated carbocycles. The summed E-state index contributed by atoms with van der Waals surface area (Å²) in [6.07, 6.45) is 8.95. The normalized spacial score (nSPS) is 27.2. The lowest BCUT2D eigenvalue weighted by molar-refractivity contribution is -0.123. The number of fused-ring (bicyclic) bond motifs is 3. The van der Waals surface area contributed by atoms with E-state index in [9.17, 15) is 4.79 Å². The van der Waals surface area contributed by atoms with Gasteiger partial charge >= 0.3 is 0 Å². The highest BCUT2D eigenvalue weighted by atomic mass is 16.1. The van der Waals surface area contributed by atoms with Crippen LogP contribution in [-0.4, -0.2) is 15.6 Å². The molecule has 3 heteroatoms. The van der Waals surface area contributed by atoms with Crippen LogP contribution in [0.3, 0.4) is 0 Å². The van der Waals surface area contributed by atoms with Crippen LogP contribution in [0, 0.1) is 5.92 Å². The van der Waals surface area contributed by atoms with Gasteiger partial charge in [-0.1, -0.05) is 30.3 Å². The van der Waals surface area contributed by atoms with E-state index in [1.165, 1.54) is 23.2 Å². The zero-order valence-electron chi connectivity index (χ0n) is 13.8. The van der Waals surface area contributed by atoms with Crippen LogP contribution in [0.1, 0.15) is 48.9 Å². The highest BCUT2D eigenvalue weighted by Crippen LogP contribution is 2.50. The molecule has 1 fully saturated rings. The van der Waals surface area contributed by atoms with Crippen LogP contribution in [0.15, 0.2) is 36.5 Å². The molecule has 0 spiro atoms. The van der Waals surface area contributed by atoms with Crippen molar-refractivity contribution in [2.75, 3.05) is 0 Å². The van der Waals surface area contributed by atoms with Crippen molar-refractivity contribution < 1.29 is 4.79 Å². The summed E-state index contributed by atoms with van der Waals surface area (Å²) in [5, 5.41) is 4.57. The Morgan fingerprint density at radius 1 is 1.26 bits per heavy atom. The summed E-state index contributed by atoms with van der Waals surface area (Å²) >= 11 is 0. The van der Waals surface area contributed by atoms with Crippen molar-refractivity contribution in [3.8, 4) is 0 Å². The van der Waals surface area contributed by atoms with Crippen LogP contribution in [0.25, 0.3) is 0 Å². The maximum atomic E-state index is 12.1. The second-order valence-corrected chi connectivity index (χ2v) is 7.29. The number of benzene rings is 1. The second-order valence-electron chi connectivity index (χ2n) is 7.29. The fourth-order valence-electron chi connectivity index (χ4n) is 4.95. The first-order valence-electron chi connectivity index (χ1n) is 8.76. The molecule has 4 rings (SSSR count). The van der Waals surface area contributed by atoms with E-state index in [1.54, 1.807) is 0 Å². The molecule has 0 N–H and O–H groups in total. The van der Waals surface area contributed by atoms with Gasteiger partial charge in [0, 0.05) is 31.0 Å². The molecule has 0 amide bonds. The molecule has 0 unspecified atom stereocenters. The maximum Gasteiger partial charge on any atom is 0.133 e. The number of carbonyl (C=O) groups is 1. The Kier molecular flexibility index (Phi) is 3.59. The standard InChI is InChI=1S/C20H24N2O/c1-22-19-16(14-21-22)8-5-9-17-12-18(23)10-11-20(17,19)13-15-6-3-2-4-7-15/h2-4,6-7,14,17H,5,8-13H2,1H3/t17-,20-/m1/s1. The van der Waals surface area contributed by atoms with Crippen molar-refractivity contribution in [2.45, 2.75) is 50.4 Å². The van der Waals surface area contributed by atoms with Gasteiger partial charge in [-0.3, -0.25) is 9.48 Å². The SMILES string of the molecule is Cn1ncc2c1[C@@]1(Cc3ccccc3)CCC(=O)C[C@H]1CCC2. The van der Waals surface area contributed by atoms with Gasteiger partial charge in [0.1, 0.15) is 5.78 Å². The first kappa shape index (κ1) is 14.7. The monoisotopic (exact) mass is 308 g/mol. The quantitative estimate of drug-likeness (QED) is 0.849. The molecule has 3 nitrogen and oxygen atoms in total. The lowest BCUT2D eigenvalue weighted by atomic mass is 9.60. The Balaban J connectivity index is 1.85. The molecule has 0 radical (unpaired) electrons. The molecule has 1 aromatic carbocycles. The minimum absolute atomic E-state index is 0.0757. The summed E-state index contributed by atoms with van der Waals surface area (Å²) in [7, 11) is 2.07. The second kappa shape index (κ2) is 5.63. The topological polar surface area (TPSA) is 34.9 Å². The van der Waals surface area contributed by atoms with Gasteiger partial charge < -0.3 is 0 Å². The molecule has 1 aromatic heterocycles. The van der Waals surface area contributed by atoms with Gasteiger partial charge in [0.2, 0.25) is 0 Å². The van der Waals surface area contributed by atoms with Gasteiger partial charge in [0.15, 0.2) is 0 Å². The first-order chi connectivity index (χ1) is 11.2. The van der Waals surface area contributed by atoms with Crippen LogP contribution in [0.4, 0.5) is 0 Å². The van der Waals surface area contributed by atoms with E-state index in [0.29, 0.717) is 18.1 Å². The largest absolute Gasteiger partial charge is 0.300 e. The van der Waals surface area contributed by atoms with Gasteiger partial charge in [-0.2, -0.15) is 5.10 Å². The highest BCUT2D eigenvalue weighted by Gasteiger charge is 2.48. The predicted molar refractivity (Wildman–Crippen MR) is 90.3 cm³/mol. The van der Waals surface area contributed by atoms with E-state index in [4.69, 9.17) is 0 Å². The fourth-order valence-corrected chi connectivity index (χ4v) is 4.95. The number of rotatable bonds is 2. The van der Waals surface area contributed by atoms with E-state index >= 15 is 0 Å². The lowest BCUT2D eigenvalue weighted by Crippen LogP contribution is -2.44. The average molecular weight is 308 g/mol. The molecule has 2 aliphatic carbocycles. The minimum Gasteiger partial charge on any atom is -0.300 e. The summed E-state index contributed by atoms with van der Waals surface area (Å²) < 4.78 is 2.09. The highest BCUT2D eigenvalue weighted by molar-refractivity contribution is 5.80. The number of ketones is 1. The predicted octanol–water partition coefficient (Wildman–Crippen LogP) is 3.61. The Morgan fingerprint density at radius 3 is 2.91 bits per heavy atom. The van der Waals surface area contributed by atoms with Gasteiger partial charge in [0.05, 0.1) is 6.20 Å². The van der Waals surface area contributed by atoms with Crippen LogP contribution in [0.5, 0.6) is 0 Å². The summed E-state index contributed by atoms with van der Waals surface area (Å²) in [5.41, 5.74) is 4.25. The molecule has 2 atom stereocenters. The molecule has 0 bridgehead atoms. The number of carbonyl (C=O) groups excluding carboxylic acids is 1. The molecular formula is C20H24N2O. The molecule has 120 valence electrons. The number of hydrogen-bond acceptors (Lipinski definition) is 2. The fraction of sp³-hybridized carbons (Fsp3) is 0.500. The third-order valence-electron chi connectivity index (χ3n) is 5.95. The molecule has 2 aromatic rings. The van der Waals surface area contributed by atoms with Crippen molar-refractivity contribution in [1.82, 2.24) is 9.78 Å². The summed E-state index contributed by atoms with van der Waals surface area (Å²) in [5.74, 6) is 0.907. The van der Waals surface area contributed by atoms with E-state index in [0.717, 1.165) is 32.1 Å². The van der Waals surface area contributed by atoms with Crippen LogP contribution in [0.2, 0.25) is 0 Å². The molecule has 0 aliphatic heterocycles. The molecule has 2 aliphatic rings. The minimum atomic E-state index is 0.0757. The van der Waals surface area contributed by atoms with E-state index in [2.05, 4.69) is 53.4 Å². The Morgan fingerprint density at radius 2 is 2.09 bits per heavy atom. The zero-order chi connectivity index (χ0) is 15.9. The van der Waals surface area contributed by atoms with Crippen LogP contribution in [-0.2, 0) is 30.1 Å². The summed E-state index contributed by atoms with van der Waals surface area (Å²) in [6.45, 7) is 0. The lowest BCUT2D eigenvalue weighted by Gasteiger charge is -2.44. The van der Waals surface area contributed by atoms with E-state index in [1.807, 2.05) is 0 Å². The number of aromatic nitrogens is 2. The Hall–Kier alpha value is -1.90. The van der Waals surface area contributed by atoms with E-state index in [-0.39, 0.29) is 5.41 Å². The number of hydrogen-bond donors (Lipinski definition) is 0. The van der Waals surface area contributed by atoms with Crippen LogP contribution < -0.4 is 0 Å².